The third-order valence-corrected chi connectivity index (χ3v) is 1.88. The van der Waals surface area contributed by atoms with E-state index in [1.807, 2.05) is 26.0 Å². The van der Waals surface area contributed by atoms with Crippen molar-refractivity contribution in [2.75, 3.05) is 0 Å². The Bertz CT molecular complexity index is 130. The molecule has 0 aliphatic rings. The highest BCUT2D eigenvalue weighted by Gasteiger charge is 2.25. The summed E-state index contributed by atoms with van der Waals surface area (Å²) in [6.45, 7) is 10.2. The first-order chi connectivity index (χ1) is 4.89. The van der Waals surface area contributed by atoms with Crippen LogP contribution in [-0.2, 0) is 0 Å². The van der Waals surface area contributed by atoms with E-state index in [0.717, 1.165) is 0 Å². The Labute approximate surface area is 70.1 Å². The molecule has 0 aliphatic heterocycles. The Hall–Kier alpha value is -0.300. The Morgan fingerprint density at radius 2 is 1.73 bits per heavy atom. The molecule has 0 bridgehead atoms. The molecule has 66 valence electrons. The summed E-state index contributed by atoms with van der Waals surface area (Å²) in [6, 6.07) is 0. The van der Waals surface area contributed by atoms with Gasteiger partial charge in [0.25, 0.3) is 0 Å². The van der Waals surface area contributed by atoms with Crippen molar-refractivity contribution in [2.24, 2.45) is 11.3 Å². The van der Waals surface area contributed by atoms with Crippen LogP contribution in [0.2, 0.25) is 0 Å². The van der Waals surface area contributed by atoms with Crippen molar-refractivity contribution in [1.82, 2.24) is 0 Å². The fraction of sp³-hybridized carbons (Fsp3) is 0.800. The Balaban J connectivity index is 4.13. The van der Waals surface area contributed by atoms with Crippen LogP contribution in [0.15, 0.2) is 12.2 Å². The average molecular weight is 156 g/mol. The minimum atomic E-state index is -0.251. The van der Waals surface area contributed by atoms with E-state index in [0.29, 0.717) is 0 Å². The first-order valence-corrected chi connectivity index (χ1v) is 4.20. The molecule has 2 unspecified atom stereocenters. The third-order valence-electron chi connectivity index (χ3n) is 1.88. The van der Waals surface area contributed by atoms with Gasteiger partial charge in [0.05, 0.1) is 6.10 Å². The number of rotatable bonds is 2. The number of aliphatic hydroxyl groups excluding tert-OH is 1. The van der Waals surface area contributed by atoms with Crippen molar-refractivity contribution in [3.63, 3.8) is 0 Å². The maximum absolute atomic E-state index is 9.73. The molecule has 0 fully saturated rings. The summed E-state index contributed by atoms with van der Waals surface area (Å²) in [4.78, 5) is 0. The molecule has 0 saturated carbocycles. The third kappa shape index (κ3) is 3.57. The molecule has 0 aromatic carbocycles. The molecule has 0 radical (unpaired) electrons. The van der Waals surface area contributed by atoms with E-state index < -0.39 is 0 Å². The van der Waals surface area contributed by atoms with Gasteiger partial charge in [-0.25, -0.2) is 0 Å². The molecule has 0 amide bonds. The van der Waals surface area contributed by atoms with Crippen LogP contribution in [0.25, 0.3) is 0 Å². The van der Waals surface area contributed by atoms with Crippen molar-refractivity contribution in [1.29, 1.82) is 0 Å². The van der Waals surface area contributed by atoms with E-state index in [4.69, 9.17) is 0 Å². The second-order valence-corrected chi connectivity index (χ2v) is 4.20. The van der Waals surface area contributed by atoms with Gasteiger partial charge in [0.1, 0.15) is 0 Å². The largest absolute Gasteiger partial charge is 0.392 e. The van der Waals surface area contributed by atoms with E-state index in [1.165, 1.54) is 0 Å². The zero-order valence-electron chi connectivity index (χ0n) is 8.26. The highest BCUT2D eigenvalue weighted by atomic mass is 16.3. The van der Waals surface area contributed by atoms with Crippen LogP contribution in [0, 0.1) is 11.3 Å². The predicted molar refractivity (Wildman–Crippen MR) is 49.4 cm³/mol. The number of allylic oxidation sites excluding steroid dienone is 1. The van der Waals surface area contributed by atoms with Gasteiger partial charge in [-0.2, -0.15) is 0 Å². The van der Waals surface area contributed by atoms with Crippen LogP contribution >= 0.6 is 0 Å². The Morgan fingerprint density at radius 3 is 2.00 bits per heavy atom. The van der Waals surface area contributed by atoms with E-state index in [-0.39, 0.29) is 17.4 Å². The molecule has 0 saturated heterocycles. The van der Waals surface area contributed by atoms with E-state index in [2.05, 4.69) is 20.8 Å². The standard InChI is InChI=1S/C10H20O/c1-6-7-8(2)9(11)10(3,4)5/h6-9,11H,1-5H3/b7-6+. The monoisotopic (exact) mass is 156 g/mol. The average Bonchev–Trinajstić information content (AvgIpc) is 1.85. The highest BCUT2D eigenvalue weighted by molar-refractivity contribution is 4.91. The molecule has 11 heavy (non-hydrogen) atoms. The molecular formula is C10H20O. The van der Waals surface area contributed by atoms with Crippen LogP contribution in [-0.4, -0.2) is 11.2 Å². The van der Waals surface area contributed by atoms with E-state index in [1.54, 1.807) is 0 Å². The lowest BCUT2D eigenvalue weighted by Crippen LogP contribution is -2.31. The van der Waals surface area contributed by atoms with Crippen LogP contribution in [0.4, 0.5) is 0 Å². The lowest BCUT2D eigenvalue weighted by atomic mass is 9.82. The minimum Gasteiger partial charge on any atom is -0.392 e. The molecule has 2 atom stereocenters. The molecule has 1 heteroatoms. The van der Waals surface area contributed by atoms with Gasteiger partial charge < -0.3 is 5.11 Å². The van der Waals surface area contributed by atoms with Gasteiger partial charge >= 0.3 is 0 Å². The van der Waals surface area contributed by atoms with Crippen LogP contribution in [0.1, 0.15) is 34.6 Å². The van der Waals surface area contributed by atoms with Gasteiger partial charge in [-0.15, -0.1) is 0 Å². The lowest BCUT2D eigenvalue weighted by molar-refractivity contribution is 0.0337. The molecule has 0 heterocycles. The predicted octanol–water partition coefficient (Wildman–Crippen LogP) is 2.61. The summed E-state index contributed by atoms with van der Waals surface area (Å²) in [5.74, 6) is 0.250. The van der Waals surface area contributed by atoms with E-state index in [9.17, 15) is 5.11 Å². The molecule has 1 nitrogen and oxygen atoms in total. The normalized spacial score (nSPS) is 18.7. The number of aliphatic hydroxyl groups is 1. The van der Waals surface area contributed by atoms with Gasteiger partial charge in [-0.3, -0.25) is 0 Å². The Kier molecular flexibility index (Phi) is 3.81. The SMILES string of the molecule is C/C=C/C(C)C(O)C(C)(C)C. The van der Waals surface area contributed by atoms with Crippen molar-refractivity contribution in [3.8, 4) is 0 Å². The molecule has 0 spiro atoms. The molecular weight excluding hydrogens is 136 g/mol. The smallest absolute Gasteiger partial charge is 0.0648 e. The molecule has 0 aromatic heterocycles. The molecule has 1 N–H and O–H groups in total. The fourth-order valence-electron chi connectivity index (χ4n) is 1.20. The van der Waals surface area contributed by atoms with Crippen LogP contribution < -0.4 is 0 Å². The Morgan fingerprint density at radius 1 is 1.27 bits per heavy atom. The van der Waals surface area contributed by atoms with Crippen molar-refractivity contribution < 1.29 is 5.11 Å². The summed E-state index contributed by atoms with van der Waals surface area (Å²) in [5.41, 5.74) is -0.0150. The quantitative estimate of drug-likeness (QED) is 0.609. The zero-order valence-corrected chi connectivity index (χ0v) is 8.26. The van der Waals surface area contributed by atoms with Crippen molar-refractivity contribution >= 4 is 0 Å². The molecule has 0 rings (SSSR count). The van der Waals surface area contributed by atoms with Crippen LogP contribution in [0.5, 0.6) is 0 Å². The lowest BCUT2D eigenvalue weighted by Gasteiger charge is -2.29. The van der Waals surface area contributed by atoms with Gasteiger partial charge in [0.2, 0.25) is 0 Å². The summed E-state index contributed by atoms with van der Waals surface area (Å²) >= 11 is 0. The summed E-state index contributed by atoms with van der Waals surface area (Å²) < 4.78 is 0. The number of hydrogen-bond donors (Lipinski definition) is 1. The first-order valence-electron chi connectivity index (χ1n) is 4.20. The summed E-state index contributed by atoms with van der Waals surface area (Å²) in [6.07, 6.45) is 3.77. The van der Waals surface area contributed by atoms with Gasteiger partial charge in [-0.1, -0.05) is 39.8 Å². The van der Waals surface area contributed by atoms with E-state index >= 15 is 0 Å². The second-order valence-electron chi connectivity index (χ2n) is 4.20. The second kappa shape index (κ2) is 3.91. The highest BCUT2D eigenvalue weighted by Crippen LogP contribution is 2.25. The van der Waals surface area contributed by atoms with Gasteiger partial charge in [0.15, 0.2) is 0 Å². The summed E-state index contributed by atoms with van der Waals surface area (Å²) in [5, 5.41) is 9.73. The fourth-order valence-corrected chi connectivity index (χ4v) is 1.20. The van der Waals surface area contributed by atoms with Crippen molar-refractivity contribution in [3.05, 3.63) is 12.2 Å². The molecule has 0 aromatic rings. The van der Waals surface area contributed by atoms with Gasteiger partial charge in [0, 0.05) is 5.92 Å². The topological polar surface area (TPSA) is 20.2 Å². The maximum Gasteiger partial charge on any atom is 0.0648 e. The van der Waals surface area contributed by atoms with Gasteiger partial charge in [-0.05, 0) is 12.3 Å². The first kappa shape index (κ1) is 10.7. The minimum absolute atomic E-state index is 0.0150. The summed E-state index contributed by atoms with van der Waals surface area (Å²) in [7, 11) is 0. The zero-order chi connectivity index (χ0) is 9.07. The van der Waals surface area contributed by atoms with Crippen LogP contribution in [0.3, 0.4) is 0 Å². The number of hydrogen-bond acceptors (Lipinski definition) is 1. The maximum atomic E-state index is 9.73. The van der Waals surface area contributed by atoms with Crippen molar-refractivity contribution in [2.45, 2.75) is 40.7 Å². The molecule has 0 aliphatic carbocycles.